The summed E-state index contributed by atoms with van der Waals surface area (Å²) in [6, 6.07) is 13.9. The van der Waals surface area contributed by atoms with Crippen LogP contribution in [0.4, 0.5) is 0 Å². The number of ether oxygens (including phenoxy) is 1. The highest BCUT2D eigenvalue weighted by molar-refractivity contribution is 5.81. The van der Waals surface area contributed by atoms with Gasteiger partial charge in [0.05, 0.1) is 6.04 Å². The van der Waals surface area contributed by atoms with Crippen LogP contribution in [-0.4, -0.2) is 12.0 Å². The van der Waals surface area contributed by atoms with Gasteiger partial charge in [-0.25, -0.2) is 0 Å². The van der Waals surface area contributed by atoms with E-state index in [1.807, 2.05) is 38.1 Å². The molecule has 0 saturated heterocycles. The van der Waals surface area contributed by atoms with Crippen molar-refractivity contribution in [2.75, 3.05) is 0 Å². The Kier molecular flexibility index (Phi) is 5.43. The number of amides is 1. The summed E-state index contributed by atoms with van der Waals surface area (Å²) in [6.07, 6.45) is -0.536. The van der Waals surface area contributed by atoms with Crippen molar-refractivity contribution < 1.29 is 9.53 Å². The Hall–Kier alpha value is -2.29. The van der Waals surface area contributed by atoms with Crippen LogP contribution in [0.25, 0.3) is 0 Å². The molecule has 2 aromatic carbocycles. The first-order valence-electron chi connectivity index (χ1n) is 7.97. The van der Waals surface area contributed by atoms with Crippen molar-refractivity contribution in [1.82, 2.24) is 5.32 Å². The van der Waals surface area contributed by atoms with E-state index in [9.17, 15) is 4.79 Å². The van der Waals surface area contributed by atoms with Crippen LogP contribution >= 0.6 is 0 Å². The quantitative estimate of drug-likeness (QED) is 0.896. The van der Waals surface area contributed by atoms with Gasteiger partial charge in [-0.15, -0.1) is 0 Å². The first-order chi connectivity index (χ1) is 10.9. The lowest BCUT2D eigenvalue weighted by Gasteiger charge is -2.20. The Morgan fingerprint density at radius 1 is 1.00 bits per heavy atom. The van der Waals surface area contributed by atoms with Crippen molar-refractivity contribution in [3.8, 4) is 5.75 Å². The molecule has 0 aromatic heterocycles. The van der Waals surface area contributed by atoms with Gasteiger partial charge in [-0.05, 0) is 69.0 Å². The van der Waals surface area contributed by atoms with Crippen LogP contribution in [0.2, 0.25) is 0 Å². The summed E-state index contributed by atoms with van der Waals surface area (Å²) in [5.41, 5.74) is 4.69. The summed E-state index contributed by atoms with van der Waals surface area (Å²) in [6.45, 7) is 9.92. The van der Waals surface area contributed by atoms with Gasteiger partial charge in [0.2, 0.25) is 0 Å². The van der Waals surface area contributed by atoms with E-state index in [1.54, 1.807) is 6.92 Å². The van der Waals surface area contributed by atoms with E-state index in [-0.39, 0.29) is 11.9 Å². The SMILES string of the molecule is Cc1cccc(O[C@H](C)C(=O)N[C@@H](C)c2ccc(C)c(C)c2)c1. The van der Waals surface area contributed by atoms with Gasteiger partial charge in [0, 0.05) is 0 Å². The van der Waals surface area contributed by atoms with Crippen LogP contribution < -0.4 is 10.1 Å². The van der Waals surface area contributed by atoms with Gasteiger partial charge in [-0.3, -0.25) is 4.79 Å². The van der Waals surface area contributed by atoms with Crippen molar-refractivity contribution >= 4 is 5.91 Å². The fourth-order valence-corrected chi connectivity index (χ4v) is 2.39. The minimum atomic E-state index is -0.536. The number of rotatable bonds is 5. The topological polar surface area (TPSA) is 38.3 Å². The summed E-state index contributed by atoms with van der Waals surface area (Å²) in [7, 11) is 0. The maximum atomic E-state index is 12.3. The van der Waals surface area contributed by atoms with Crippen molar-refractivity contribution in [1.29, 1.82) is 0 Å². The minimum absolute atomic E-state index is 0.0506. The Morgan fingerprint density at radius 2 is 1.74 bits per heavy atom. The second kappa shape index (κ2) is 7.32. The van der Waals surface area contributed by atoms with Gasteiger partial charge < -0.3 is 10.1 Å². The molecule has 0 unspecified atom stereocenters. The van der Waals surface area contributed by atoms with Crippen molar-refractivity contribution in [2.24, 2.45) is 0 Å². The molecule has 0 fully saturated rings. The third-order valence-corrected chi connectivity index (χ3v) is 4.06. The fraction of sp³-hybridized carbons (Fsp3) is 0.350. The molecule has 0 heterocycles. The number of hydrogen-bond donors (Lipinski definition) is 1. The van der Waals surface area contributed by atoms with E-state index in [4.69, 9.17) is 4.74 Å². The Labute approximate surface area is 138 Å². The molecule has 2 rings (SSSR count). The molecule has 1 N–H and O–H groups in total. The third-order valence-electron chi connectivity index (χ3n) is 4.06. The fourth-order valence-electron chi connectivity index (χ4n) is 2.39. The van der Waals surface area contributed by atoms with Gasteiger partial charge in [-0.1, -0.05) is 30.3 Å². The van der Waals surface area contributed by atoms with E-state index in [0.29, 0.717) is 5.75 Å². The Morgan fingerprint density at radius 3 is 2.39 bits per heavy atom. The monoisotopic (exact) mass is 311 g/mol. The number of hydrogen-bond acceptors (Lipinski definition) is 2. The second-order valence-corrected chi connectivity index (χ2v) is 6.15. The zero-order valence-corrected chi connectivity index (χ0v) is 14.5. The third kappa shape index (κ3) is 4.59. The lowest BCUT2D eigenvalue weighted by atomic mass is 10.0. The van der Waals surface area contributed by atoms with Crippen LogP contribution in [0.15, 0.2) is 42.5 Å². The lowest BCUT2D eigenvalue weighted by Crippen LogP contribution is -2.37. The van der Waals surface area contributed by atoms with Crippen LogP contribution in [0, 0.1) is 20.8 Å². The molecule has 23 heavy (non-hydrogen) atoms. The van der Waals surface area contributed by atoms with Crippen LogP contribution in [0.1, 0.15) is 42.1 Å². The molecule has 2 atom stereocenters. The summed E-state index contributed by atoms with van der Waals surface area (Å²) in [5.74, 6) is 0.601. The molecule has 0 aliphatic rings. The summed E-state index contributed by atoms with van der Waals surface area (Å²) < 4.78 is 5.72. The number of carbonyl (C=O) groups excluding carboxylic acids is 1. The standard InChI is InChI=1S/C20H25NO2/c1-13-7-6-8-19(11-13)23-17(5)20(22)21-16(4)18-10-9-14(2)15(3)12-18/h6-12,16-17H,1-5H3,(H,21,22)/t16-,17+/m0/s1. The molecule has 3 nitrogen and oxygen atoms in total. The first-order valence-corrected chi connectivity index (χ1v) is 7.97. The molecule has 0 spiro atoms. The van der Waals surface area contributed by atoms with Crippen molar-refractivity contribution in [2.45, 2.75) is 46.8 Å². The average molecular weight is 311 g/mol. The summed E-state index contributed by atoms with van der Waals surface area (Å²) >= 11 is 0. The maximum Gasteiger partial charge on any atom is 0.261 e. The highest BCUT2D eigenvalue weighted by atomic mass is 16.5. The normalized spacial score (nSPS) is 13.3. The molecule has 0 saturated carbocycles. The first kappa shape index (κ1) is 17.1. The molecule has 0 radical (unpaired) electrons. The van der Waals surface area contributed by atoms with Gasteiger partial charge in [0.15, 0.2) is 6.10 Å². The average Bonchev–Trinajstić information content (AvgIpc) is 2.49. The van der Waals surface area contributed by atoms with Crippen LogP contribution in [0.3, 0.4) is 0 Å². The van der Waals surface area contributed by atoms with Gasteiger partial charge >= 0.3 is 0 Å². The van der Waals surface area contributed by atoms with E-state index < -0.39 is 6.10 Å². The highest BCUT2D eigenvalue weighted by Gasteiger charge is 2.18. The zero-order valence-electron chi connectivity index (χ0n) is 14.5. The molecule has 0 aliphatic heterocycles. The van der Waals surface area contributed by atoms with Crippen LogP contribution in [-0.2, 0) is 4.79 Å². The van der Waals surface area contributed by atoms with Crippen molar-refractivity contribution in [3.05, 3.63) is 64.7 Å². The van der Waals surface area contributed by atoms with Gasteiger partial charge in [0.1, 0.15) is 5.75 Å². The zero-order chi connectivity index (χ0) is 17.0. The maximum absolute atomic E-state index is 12.3. The molecule has 0 aliphatic carbocycles. The number of benzene rings is 2. The van der Waals surface area contributed by atoms with E-state index in [1.165, 1.54) is 11.1 Å². The molecule has 3 heteroatoms. The van der Waals surface area contributed by atoms with Crippen molar-refractivity contribution in [3.63, 3.8) is 0 Å². The minimum Gasteiger partial charge on any atom is -0.481 e. The smallest absolute Gasteiger partial charge is 0.261 e. The molecule has 1 amide bonds. The number of nitrogens with one attached hydrogen (secondary N) is 1. The van der Waals surface area contributed by atoms with E-state index in [2.05, 4.69) is 37.4 Å². The Balaban J connectivity index is 1.98. The lowest BCUT2D eigenvalue weighted by molar-refractivity contribution is -0.127. The van der Waals surface area contributed by atoms with Gasteiger partial charge in [-0.2, -0.15) is 0 Å². The highest BCUT2D eigenvalue weighted by Crippen LogP contribution is 2.18. The molecular formula is C20H25NO2. The van der Waals surface area contributed by atoms with E-state index >= 15 is 0 Å². The molecule has 2 aromatic rings. The molecule has 0 bridgehead atoms. The second-order valence-electron chi connectivity index (χ2n) is 6.15. The predicted octanol–water partition coefficient (Wildman–Crippen LogP) is 4.26. The predicted molar refractivity (Wildman–Crippen MR) is 93.7 cm³/mol. The largest absolute Gasteiger partial charge is 0.481 e. The number of carbonyl (C=O) groups is 1. The number of aryl methyl sites for hydroxylation is 3. The molecular weight excluding hydrogens is 286 g/mol. The van der Waals surface area contributed by atoms with Crippen LogP contribution in [0.5, 0.6) is 5.75 Å². The van der Waals surface area contributed by atoms with E-state index in [0.717, 1.165) is 11.1 Å². The summed E-state index contributed by atoms with van der Waals surface area (Å²) in [5, 5.41) is 3.01. The molecule has 122 valence electrons. The summed E-state index contributed by atoms with van der Waals surface area (Å²) in [4.78, 5) is 12.3. The Bertz CT molecular complexity index is 694. The van der Waals surface area contributed by atoms with Gasteiger partial charge in [0.25, 0.3) is 5.91 Å².